The van der Waals surface area contributed by atoms with Crippen molar-refractivity contribution >= 4 is 39.3 Å². The normalized spacial score (nSPS) is 17.1. The molecular formula is C21H25ClN2O3S2. The first-order chi connectivity index (χ1) is 13.8. The van der Waals surface area contributed by atoms with Crippen molar-refractivity contribution in [2.24, 2.45) is 5.92 Å². The van der Waals surface area contributed by atoms with Gasteiger partial charge in [0.2, 0.25) is 15.9 Å². The first-order valence-corrected chi connectivity index (χ1v) is 12.6. The second-order valence-electron chi connectivity index (χ2n) is 7.14. The topological polar surface area (TPSA) is 66.5 Å². The fourth-order valence-corrected chi connectivity index (χ4v) is 5.43. The van der Waals surface area contributed by atoms with Gasteiger partial charge in [0.05, 0.1) is 10.9 Å². The predicted octanol–water partition coefficient (Wildman–Crippen LogP) is 4.34. The molecule has 1 fully saturated rings. The minimum absolute atomic E-state index is 0.0185. The number of nitrogens with one attached hydrogen (secondary N) is 1. The van der Waals surface area contributed by atoms with Gasteiger partial charge in [0.1, 0.15) is 0 Å². The van der Waals surface area contributed by atoms with Crippen LogP contribution in [0.15, 0.2) is 58.3 Å². The maximum atomic E-state index is 12.8. The summed E-state index contributed by atoms with van der Waals surface area (Å²) in [5.74, 6) is -0.199. The van der Waals surface area contributed by atoms with Gasteiger partial charge in [0, 0.05) is 28.9 Å². The van der Waals surface area contributed by atoms with E-state index in [2.05, 4.69) is 5.32 Å². The molecule has 8 heteroatoms. The molecule has 1 heterocycles. The second kappa shape index (κ2) is 9.51. The van der Waals surface area contributed by atoms with Gasteiger partial charge in [0.15, 0.2) is 0 Å². The lowest BCUT2D eigenvalue weighted by Crippen LogP contribution is -2.43. The lowest BCUT2D eigenvalue weighted by Gasteiger charge is -2.31. The van der Waals surface area contributed by atoms with E-state index in [1.165, 1.54) is 21.3 Å². The van der Waals surface area contributed by atoms with E-state index in [4.69, 9.17) is 11.6 Å². The molecule has 2 aromatic carbocycles. The minimum Gasteiger partial charge on any atom is -0.349 e. The molecule has 1 saturated heterocycles. The Morgan fingerprint density at radius 2 is 1.69 bits per heavy atom. The van der Waals surface area contributed by atoms with Gasteiger partial charge < -0.3 is 5.32 Å². The summed E-state index contributed by atoms with van der Waals surface area (Å²) in [4.78, 5) is 14.1. The molecule has 156 valence electrons. The Morgan fingerprint density at radius 1 is 1.10 bits per heavy atom. The Morgan fingerprint density at radius 3 is 2.24 bits per heavy atom. The SMILES string of the molecule is CSc1ccc([C@@H](C)NC(=O)C2CCN(S(=O)(=O)c3ccc(Cl)cc3)CC2)cc1. The van der Waals surface area contributed by atoms with Crippen LogP contribution in [0, 0.1) is 5.92 Å². The maximum absolute atomic E-state index is 12.8. The smallest absolute Gasteiger partial charge is 0.243 e. The Balaban J connectivity index is 1.56. The van der Waals surface area contributed by atoms with Crippen LogP contribution in [0.5, 0.6) is 0 Å². The third-order valence-electron chi connectivity index (χ3n) is 5.25. The quantitative estimate of drug-likeness (QED) is 0.662. The number of nitrogens with zero attached hydrogens (tertiary/aromatic N) is 1. The summed E-state index contributed by atoms with van der Waals surface area (Å²) in [6.07, 6.45) is 3.05. The number of piperidine rings is 1. The van der Waals surface area contributed by atoms with Gasteiger partial charge in [-0.3, -0.25) is 4.79 Å². The van der Waals surface area contributed by atoms with Gasteiger partial charge in [-0.1, -0.05) is 23.7 Å². The van der Waals surface area contributed by atoms with Crippen molar-refractivity contribution in [3.8, 4) is 0 Å². The summed E-state index contributed by atoms with van der Waals surface area (Å²) in [5, 5.41) is 3.56. The second-order valence-corrected chi connectivity index (χ2v) is 10.4. The van der Waals surface area contributed by atoms with E-state index in [0.717, 1.165) is 5.56 Å². The van der Waals surface area contributed by atoms with Gasteiger partial charge in [-0.15, -0.1) is 11.8 Å². The van der Waals surface area contributed by atoms with Crippen LogP contribution >= 0.6 is 23.4 Å². The van der Waals surface area contributed by atoms with E-state index in [9.17, 15) is 13.2 Å². The third-order valence-corrected chi connectivity index (χ3v) is 8.16. The van der Waals surface area contributed by atoms with Crippen LogP contribution in [0.3, 0.4) is 0 Å². The summed E-state index contributed by atoms with van der Waals surface area (Å²) in [5.41, 5.74) is 1.05. The van der Waals surface area contributed by atoms with Crippen molar-refractivity contribution in [1.82, 2.24) is 9.62 Å². The summed E-state index contributed by atoms with van der Waals surface area (Å²) in [7, 11) is -3.56. The number of benzene rings is 2. The van der Waals surface area contributed by atoms with Gasteiger partial charge >= 0.3 is 0 Å². The molecule has 0 unspecified atom stereocenters. The highest BCUT2D eigenvalue weighted by molar-refractivity contribution is 7.98. The molecule has 0 spiro atoms. The van der Waals surface area contributed by atoms with E-state index < -0.39 is 10.0 Å². The van der Waals surface area contributed by atoms with E-state index in [1.807, 2.05) is 37.4 Å². The van der Waals surface area contributed by atoms with E-state index >= 15 is 0 Å². The van der Waals surface area contributed by atoms with E-state index in [0.29, 0.717) is 31.0 Å². The van der Waals surface area contributed by atoms with Gasteiger partial charge in [-0.25, -0.2) is 8.42 Å². The Labute approximate surface area is 181 Å². The number of carbonyl (C=O) groups is 1. The molecule has 1 aliphatic heterocycles. The van der Waals surface area contributed by atoms with Crippen LogP contribution in [-0.2, 0) is 14.8 Å². The monoisotopic (exact) mass is 452 g/mol. The average molecular weight is 453 g/mol. The lowest BCUT2D eigenvalue weighted by molar-refractivity contribution is -0.126. The standard InChI is InChI=1S/C21H25ClN2O3S2/c1-15(16-3-7-19(28-2)8-4-16)23-21(25)17-11-13-24(14-12-17)29(26,27)20-9-5-18(22)6-10-20/h3-10,15,17H,11-14H2,1-2H3,(H,23,25)/t15-/m1/s1. The van der Waals surface area contributed by atoms with Crippen LogP contribution < -0.4 is 5.32 Å². The van der Waals surface area contributed by atoms with Gasteiger partial charge in [-0.05, 0) is 68.0 Å². The molecule has 1 atom stereocenters. The Kier molecular flexibility index (Phi) is 7.27. The molecule has 0 bridgehead atoms. The lowest BCUT2D eigenvalue weighted by atomic mass is 9.96. The van der Waals surface area contributed by atoms with Crippen molar-refractivity contribution in [2.75, 3.05) is 19.3 Å². The first kappa shape index (κ1) is 22.2. The van der Waals surface area contributed by atoms with Gasteiger partial charge in [0.25, 0.3) is 0 Å². The summed E-state index contributed by atoms with van der Waals surface area (Å²) in [6.45, 7) is 2.63. The van der Waals surface area contributed by atoms with Crippen molar-refractivity contribution in [3.63, 3.8) is 0 Å². The van der Waals surface area contributed by atoms with Crippen molar-refractivity contribution in [3.05, 3.63) is 59.1 Å². The minimum atomic E-state index is -3.56. The molecule has 0 aliphatic carbocycles. The van der Waals surface area contributed by atoms with E-state index in [-0.39, 0.29) is 22.8 Å². The molecule has 0 radical (unpaired) electrons. The van der Waals surface area contributed by atoms with Crippen molar-refractivity contribution < 1.29 is 13.2 Å². The Bertz CT molecular complexity index is 939. The summed E-state index contributed by atoms with van der Waals surface area (Å²) in [6, 6.07) is 14.2. The fraction of sp³-hybridized carbons (Fsp3) is 0.381. The molecule has 0 aromatic heterocycles. The molecule has 1 N–H and O–H groups in total. The van der Waals surface area contributed by atoms with Crippen molar-refractivity contribution in [1.29, 1.82) is 0 Å². The first-order valence-electron chi connectivity index (χ1n) is 9.51. The molecule has 5 nitrogen and oxygen atoms in total. The highest BCUT2D eigenvalue weighted by atomic mass is 35.5. The van der Waals surface area contributed by atoms with Gasteiger partial charge in [-0.2, -0.15) is 4.31 Å². The maximum Gasteiger partial charge on any atom is 0.243 e. The van der Waals surface area contributed by atoms with Crippen molar-refractivity contribution in [2.45, 2.75) is 35.6 Å². The van der Waals surface area contributed by atoms with Crippen LogP contribution in [0.1, 0.15) is 31.4 Å². The van der Waals surface area contributed by atoms with E-state index in [1.54, 1.807) is 23.9 Å². The highest BCUT2D eigenvalue weighted by Crippen LogP contribution is 2.26. The van der Waals surface area contributed by atoms with Crippen LogP contribution in [0.2, 0.25) is 5.02 Å². The molecule has 1 aliphatic rings. The zero-order valence-electron chi connectivity index (χ0n) is 16.5. The number of amides is 1. The molecular weight excluding hydrogens is 428 g/mol. The summed E-state index contributed by atoms with van der Waals surface area (Å²) < 4.78 is 27.0. The number of thioether (sulfide) groups is 1. The molecule has 3 rings (SSSR count). The highest BCUT2D eigenvalue weighted by Gasteiger charge is 2.32. The molecule has 0 saturated carbocycles. The molecule has 2 aromatic rings. The number of carbonyl (C=O) groups excluding carboxylic acids is 1. The molecule has 1 amide bonds. The number of sulfonamides is 1. The van der Waals surface area contributed by atoms with Crippen LogP contribution in [-0.4, -0.2) is 38.0 Å². The summed E-state index contributed by atoms with van der Waals surface area (Å²) >= 11 is 7.53. The zero-order chi connectivity index (χ0) is 21.0. The van der Waals surface area contributed by atoms with Crippen LogP contribution in [0.4, 0.5) is 0 Å². The number of hydrogen-bond acceptors (Lipinski definition) is 4. The zero-order valence-corrected chi connectivity index (χ0v) is 18.9. The predicted molar refractivity (Wildman–Crippen MR) is 118 cm³/mol. The number of rotatable bonds is 6. The molecule has 29 heavy (non-hydrogen) atoms. The number of halogens is 1. The largest absolute Gasteiger partial charge is 0.349 e. The van der Waals surface area contributed by atoms with Crippen LogP contribution in [0.25, 0.3) is 0 Å². The number of hydrogen-bond donors (Lipinski definition) is 1. The average Bonchev–Trinajstić information content (AvgIpc) is 2.74. The fourth-order valence-electron chi connectivity index (χ4n) is 3.42. The Hall–Kier alpha value is -1.54. The third kappa shape index (κ3) is 5.34.